The molecular weight excluding hydrogens is 248 g/mol. The molecule has 3 nitrogen and oxygen atoms in total. The maximum atomic E-state index is 6.20. The monoisotopic (exact) mass is 276 g/mol. The lowest BCUT2D eigenvalue weighted by atomic mass is 9.84. The van der Waals surface area contributed by atoms with Gasteiger partial charge in [-0.1, -0.05) is 37.3 Å². The second-order valence-corrected chi connectivity index (χ2v) is 6.47. The third-order valence-electron chi connectivity index (χ3n) is 4.51. The Hall–Kier alpha value is -0.900. The highest BCUT2D eigenvalue weighted by Crippen LogP contribution is 2.29. The van der Waals surface area contributed by atoms with Crippen molar-refractivity contribution in [1.82, 2.24) is 4.90 Å². The van der Waals surface area contributed by atoms with Crippen LogP contribution in [0.5, 0.6) is 0 Å². The predicted octanol–water partition coefficient (Wildman–Crippen LogP) is 2.45. The van der Waals surface area contributed by atoms with Gasteiger partial charge in [0, 0.05) is 25.2 Å². The third-order valence-corrected chi connectivity index (χ3v) is 4.51. The van der Waals surface area contributed by atoms with Crippen molar-refractivity contribution in [3.05, 3.63) is 35.9 Å². The quantitative estimate of drug-likeness (QED) is 0.898. The number of ether oxygens (including phenoxy) is 1. The Labute approximate surface area is 123 Å². The van der Waals surface area contributed by atoms with Crippen LogP contribution in [0.15, 0.2) is 30.3 Å². The zero-order valence-electron chi connectivity index (χ0n) is 13.1. The second-order valence-electron chi connectivity index (χ2n) is 6.47. The Morgan fingerprint density at radius 2 is 2.00 bits per heavy atom. The van der Waals surface area contributed by atoms with Crippen LogP contribution in [0.3, 0.4) is 0 Å². The molecule has 0 spiro atoms. The van der Waals surface area contributed by atoms with Crippen LogP contribution in [0.1, 0.15) is 32.8 Å². The fraction of sp³-hybridized carbons (Fsp3) is 0.647. The SMILES string of the molecule is CCC(CN)(Cc1ccccc1)N1CCOC(C)(C)C1. The molecule has 3 heteroatoms. The third kappa shape index (κ3) is 3.40. The molecule has 0 saturated carbocycles. The number of hydrogen-bond acceptors (Lipinski definition) is 3. The summed E-state index contributed by atoms with van der Waals surface area (Å²) in [5.74, 6) is 0. The van der Waals surface area contributed by atoms with E-state index in [4.69, 9.17) is 10.5 Å². The van der Waals surface area contributed by atoms with E-state index in [2.05, 4.69) is 56.0 Å². The summed E-state index contributed by atoms with van der Waals surface area (Å²) in [4.78, 5) is 2.55. The molecule has 1 saturated heterocycles. The number of nitrogens with two attached hydrogens (primary N) is 1. The zero-order chi connectivity index (χ0) is 14.6. The van der Waals surface area contributed by atoms with Crippen LogP contribution in [0.4, 0.5) is 0 Å². The van der Waals surface area contributed by atoms with E-state index in [9.17, 15) is 0 Å². The minimum absolute atomic E-state index is 0.0441. The van der Waals surface area contributed by atoms with E-state index >= 15 is 0 Å². The minimum Gasteiger partial charge on any atom is -0.373 e. The molecule has 0 aromatic heterocycles. The smallest absolute Gasteiger partial charge is 0.0753 e. The van der Waals surface area contributed by atoms with E-state index in [0.717, 1.165) is 32.5 Å². The molecule has 1 aliphatic heterocycles. The van der Waals surface area contributed by atoms with Crippen LogP contribution >= 0.6 is 0 Å². The van der Waals surface area contributed by atoms with Gasteiger partial charge < -0.3 is 10.5 Å². The lowest BCUT2D eigenvalue weighted by Gasteiger charge is -2.49. The van der Waals surface area contributed by atoms with Gasteiger partial charge in [-0.25, -0.2) is 0 Å². The molecule has 1 fully saturated rings. The molecule has 0 aliphatic carbocycles. The average Bonchev–Trinajstić information content (AvgIpc) is 2.45. The van der Waals surface area contributed by atoms with Crippen molar-refractivity contribution in [2.45, 2.75) is 44.8 Å². The lowest BCUT2D eigenvalue weighted by molar-refractivity contribution is -0.116. The van der Waals surface area contributed by atoms with Gasteiger partial charge in [0.25, 0.3) is 0 Å². The molecule has 0 bridgehead atoms. The summed E-state index contributed by atoms with van der Waals surface area (Å²) >= 11 is 0. The fourth-order valence-corrected chi connectivity index (χ4v) is 3.20. The van der Waals surface area contributed by atoms with Crippen molar-refractivity contribution in [3.63, 3.8) is 0 Å². The first-order valence-corrected chi connectivity index (χ1v) is 7.64. The molecule has 2 rings (SSSR count). The Kier molecular flexibility index (Phi) is 4.84. The van der Waals surface area contributed by atoms with Gasteiger partial charge >= 0.3 is 0 Å². The summed E-state index contributed by atoms with van der Waals surface area (Å²) in [5.41, 5.74) is 7.53. The van der Waals surface area contributed by atoms with Crippen molar-refractivity contribution in [2.24, 2.45) is 5.73 Å². The molecule has 2 N–H and O–H groups in total. The maximum absolute atomic E-state index is 6.20. The molecule has 20 heavy (non-hydrogen) atoms. The van der Waals surface area contributed by atoms with Crippen molar-refractivity contribution in [2.75, 3.05) is 26.2 Å². The molecule has 1 aromatic rings. The highest BCUT2D eigenvalue weighted by molar-refractivity contribution is 5.18. The number of benzene rings is 1. The summed E-state index contributed by atoms with van der Waals surface area (Å²) in [6.45, 7) is 9.99. The van der Waals surface area contributed by atoms with E-state index in [0.29, 0.717) is 6.54 Å². The molecule has 0 amide bonds. The summed E-state index contributed by atoms with van der Waals surface area (Å²) in [5, 5.41) is 0. The van der Waals surface area contributed by atoms with Gasteiger partial charge in [0.1, 0.15) is 0 Å². The molecule has 1 aliphatic rings. The van der Waals surface area contributed by atoms with Crippen LogP contribution in [-0.2, 0) is 11.2 Å². The van der Waals surface area contributed by atoms with E-state index in [1.54, 1.807) is 0 Å². The summed E-state index contributed by atoms with van der Waals surface area (Å²) in [7, 11) is 0. The predicted molar refractivity (Wildman–Crippen MR) is 83.8 cm³/mol. The van der Waals surface area contributed by atoms with Crippen LogP contribution in [0.25, 0.3) is 0 Å². The molecule has 1 unspecified atom stereocenters. The van der Waals surface area contributed by atoms with Gasteiger partial charge in [-0.3, -0.25) is 4.90 Å². The summed E-state index contributed by atoms with van der Waals surface area (Å²) < 4.78 is 5.85. The Bertz CT molecular complexity index is 412. The first kappa shape index (κ1) is 15.5. The first-order chi connectivity index (χ1) is 9.51. The molecule has 0 radical (unpaired) electrons. The highest BCUT2D eigenvalue weighted by Gasteiger charge is 2.39. The topological polar surface area (TPSA) is 38.5 Å². The standard InChI is InChI=1S/C17H28N2O/c1-4-17(13-18,12-15-8-6-5-7-9-15)19-10-11-20-16(2,3)14-19/h5-9H,4,10-14,18H2,1-3H3. The zero-order valence-corrected chi connectivity index (χ0v) is 13.1. The van der Waals surface area contributed by atoms with E-state index < -0.39 is 0 Å². The molecule has 1 aromatic carbocycles. The average molecular weight is 276 g/mol. The number of hydrogen-bond donors (Lipinski definition) is 1. The number of rotatable bonds is 5. The van der Waals surface area contributed by atoms with Gasteiger partial charge in [-0.05, 0) is 32.3 Å². The Balaban J connectivity index is 2.20. The molecule has 1 atom stereocenters. The van der Waals surface area contributed by atoms with Gasteiger partial charge in [-0.15, -0.1) is 0 Å². The summed E-state index contributed by atoms with van der Waals surface area (Å²) in [6.07, 6.45) is 2.07. The normalized spacial score (nSPS) is 22.4. The molecule has 112 valence electrons. The van der Waals surface area contributed by atoms with Crippen molar-refractivity contribution >= 4 is 0 Å². The molecular formula is C17H28N2O. The van der Waals surface area contributed by atoms with Gasteiger partial charge in [0.05, 0.1) is 12.2 Å². The van der Waals surface area contributed by atoms with Crippen LogP contribution in [0.2, 0.25) is 0 Å². The lowest BCUT2D eigenvalue weighted by Crippen LogP contribution is -2.62. The first-order valence-electron chi connectivity index (χ1n) is 7.64. The second kappa shape index (κ2) is 6.25. The van der Waals surface area contributed by atoms with E-state index in [-0.39, 0.29) is 11.1 Å². The highest BCUT2D eigenvalue weighted by atomic mass is 16.5. The van der Waals surface area contributed by atoms with Crippen LogP contribution in [0, 0.1) is 0 Å². The maximum Gasteiger partial charge on any atom is 0.0753 e. The van der Waals surface area contributed by atoms with Crippen molar-refractivity contribution in [3.8, 4) is 0 Å². The number of nitrogens with zero attached hydrogens (tertiary/aromatic N) is 1. The van der Waals surface area contributed by atoms with Gasteiger partial charge in [0.15, 0.2) is 0 Å². The number of morpholine rings is 1. The van der Waals surface area contributed by atoms with Crippen molar-refractivity contribution in [1.29, 1.82) is 0 Å². The fourth-order valence-electron chi connectivity index (χ4n) is 3.20. The Morgan fingerprint density at radius 1 is 1.30 bits per heavy atom. The van der Waals surface area contributed by atoms with Gasteiger partial charge in [0.2, 0.25) is 0 Å². The summed E-state index contributed by atoms with van der Waals surface area (Å²) in [6, 6.07) is 10.7. The Morgan fingerprint density at radius 3 is 2.55 bits per heavy atom. The van der Waals surface area contributed by atoms with E-state index in [1.807, 2.05) is 0 Å². The van der Waals surface area contributed by atoms with E-state index in [1.165, 1.54) is 5.56 Å². The van der Waals surface area contributed by atoms with Crippen LogP contribution in [-0.4, -0.2) is 42.3 Å². The molecule has 1 heterocycles. The van der Waals surface area contributed by atoms with Crippen molar-refractivity contribution < 1.29 is 4.74 Å². The minimum atomic E-state index is -0.0788. The van der Waals surface area contributed by atoms with Crippen LogP contribution < -0.4 is 5.73 Å². The van der Waals surface area contributed by atoms with Gasteiger partial charge in [-0.2, -0.15) is 0 Å². The largest absolute Gasteiger partial charge is 0.373 e.